The highest BCUT2D eigenvalue weighted by Crippen LogP contribution is 2.24. The van der Waals surface area contributed by atoms with Gasteiger partial charge in [-0.25, -0.2) is 9.18 Å². The van der Waals surface area contributed by atoms with E-state index in [0.29, 0.717) is 25.3 Å². The number of carbonyl (C=O) groups is 1. The number of nitrogens with zero attached hydrogens (tertiary/aromatic N) is 4. The van der Waals surface area contributed by atoms with Crippen LogP contribution in [0.3, 0.4) is 0 Å². The molecule has 0 radical (unpaired) electrons. The number of urea groups is 1. The van der Waals surface area contributed by atoms with Crippen LogP contribution in [0.5, 0.6) is 0 Å². The number of amides is 2. The molecule has 7 nitrogen and oxygen atoms in total. The van der Waals surface area contributed by atoms with Gasteiger partial charge in [0, 0.05) is 44.5 Å². The van der Waals surface area contributed by atoms with Crippen molar-refractivity contribution < 1.29 is 14.3 Å². The first-order valence-electron chi connectivity index (χ1n) is 12.4. The van der Waals surface area contributed by atoms with Crippen LogP contribution in [0.4, 0.5) is 14.9 Å². The summed E-state index contributed by atoms with van der Waals surface area (Å²) in [5, 5.41) is 22.7. The third kappa shape index (κ3) is 6.50. The van der Waals surface area contributed by atoms with Gasteiger partial charge in [0.1, 0.15) is 5.82 Å². The molecule has 0 aromatic heterocycles. The highest BCUT2D eigenvalue weighted by atomic mass is 19.1. The summed E-state index contributed by atoms with van der Waals surface area (Å²) in [4.78, 5) is 19.0. The molecule has 35 heavy (non-hydrogen) atoms. The van der Waals surface area contributed by atoms with Crippen molar-refractivity contribution >= 4 is 11.7 Å². The number of benzene rings is 2. The standard InChI is InChI=1S/C27H34FN5O2/c1-20-18-32(25-14-22(16-29)13-24(28)15-25)11-12-33(20)27(35)30-17-26(34)23-7-9-31(10-8-23)19-21-5-3-2-4-6-21/h2-6,13-15,20,23,26,34H,7-12,17-19H2,1H3,(H,30,35)/t20-,26-/m1/s1. The van der Waals surface area contributed by atoms with Crippen LogP contribution in [0.1, 0.15) is 30.9 Å². The first-order chi connectivity index (χ1) is 16.9. The number of aliphatic hydroxyl groups is 1. The number of carbonyl (C=O) groups excluding carboxylic acids is 1. The lowest BCUT2D eigenvalue weighted by atomic mass is 9.91. The van der Waals surface area contributed by atoms with Gasteiger partial charge in [-0.15, -0.1) is 0 Å². The monoisotopic (exact) mass is 479 g/mol. The Morgan fingerprint density at radius 1 is 1.17 bits per heavy atom. The molecule has 0 unspecified atom stereocenters. The Bertz CT molecular complexity index is 1040. The summed E-state index contributed by atoms with van der Waals surface area (Å²) in [5.41, 5.74) is 2.24. The lowest BCUT2D eigenvalue weighted by Crippen LogP contribution is -2.57. The minimum absolute atomic E-state index is 0.0871. The molecule has 0 bridgehead atoms. The van der Waals surface area contributed by atoms with E-state index >= 15 is 0 Å². The average Bonchev–Trinajstić information content (AvgIpc) is 2.87. The molecule has 0 aliphatic carbocycles. The number of hydrogen-bond donors (Lipinski definition) is 2. The van der Waals surface area contributed by atoms with Crippen LogP contribution in [-0.4, -0.2) is 72.4 Å². The second-order valence-electron chi connectivity index (χ2n) is 9.65. The van der Waals surface area contributed by atoms with Gasteiger partial charge < -0.3 is 20.2 Å². The van der Waals surface area contributed by atoms with Crippen molar-refractivity contribution in [3.63, 3.8) is 0 Å². The Hall–Kier alpha value is -3.15. The molecule has 2 aliphatic rings. The molecule has 2 aromatic rings. The Morgan fingerprint density at radius 3 is 2.60 bits per heavy atom. The number of likely N-dealkylation sites (tertiary alicyclic amines) is 1. The summed E-state index contributed by atoms with van der Waals surface area (Å²) in [7, 11) is 0. The first-order valence-corrected chi connectivity index (χ1v) is 12.4. The summed E-state index contributed by atoms with van der Waals surface area (Å²) < 4.78 is 13.8. The Balaban J connectivity index is 1.21. The van der Waals surface area contributed by atoms with E-state index < -0.39 is 11.9 Å². The fraction of sp³-hybridized carbons (Fsp3) is 0.481. The van der Waals surface area contributed by atoms with Gasteiger partial charge in [0.25, 0.3) is 0 Å². The van der Waals surface area contributed by atoms with E-state index in [-0.39, 0.29) is 30.1 Å². The summed E-state index contributed by atoms with van der Waals surface area (Å²) in [6, 6.07) is 16.4. The third-order valence-electron chi connectivity index (χ3n) is 7.15. The van der Waals surface area contributed by atoms with Crippen LogP contribution in [0, 0.1) is 23.1 Å². The molecule has 4 rings (SSSR count). The van der Waals surface area contributed by atoms with Crippen LogP contribution >= 0.6 is 0 Å². The maximum absolute atomic E-state index is 13.8. The Morgan fingerprint density at radius 2 is 1.91 bits per heavy atom. The number of nitriles is 1. The maximum Gasteiger partial charge on any atom is 0.317 e. The number of hydrogen-bond acceptors (Lipinski definition) is 5. The quantitative estimate of drug-likeness (QED) is 0.665. The van der Waals surface area contributed by atoms with Crippen LogP contribution in [0.25, 0.3) is 0 Å². The molecule has 0 saturated carbocycles. The molecular weight excluding hydrogens is 445 g/mol. The van der Waals surface area contributed by atoms with E-state index in [1.165, 1.54) is 17.7 Å². The van der Waals surface area contributed by atoms with E-state index in [1.54, 1.807) is 11.0 Å². The summed E-state index contributed by atoms with van der Waals surface area (Å²) in [5.74, 6) is -0.259. The second-order valence-corrected chi connectivity index (χ2v) is 9.65. The van der Waals surface area contributed by atoms with Crippen LogP contribution in [0.15, 0.2) is 48.5 Å². The van der Waals surface area contributed by atoms with E-state index in [2.05, 4.69) is 34.5 Å². The molecule has 2 heterocycles. The van der Waals surface area contributed by atoms with Crippen molar-refractivity contribution in [3.8, 4) is 6.07 Å². The fourth-order valence-corrected chi connectivity index (χ4v) is 5.11. The molecular formula is C27H34FN5O2. The minimum Gasteiger partial charge on any atom is -0.391 e. The number of anilines is 1. The third-order valence-corrected chi connectivity index (χ3v) is 7.15. The maximum atomic E-state index is 13.8. The number of aliphatic hydroxyl groups excluding tert-OH is 1. The molecule has 0 spiro atoms. The van der Waals surface area contributed by atoms with Gasteiger partial charge in [-0.3, -0.25) is 4.90 Å². The van der Waals surface area contributed by atoms with Crippen molar-refractivity contribution in [2.45, 2.75) is 38.5 Å². The molecule has 2 amide bonds. The summed E-state index contributed by atoms with van der Waals surface area (Å²) >= 11 is 0. The molecule has 2 N–H and O–H groups in total. The highest BCUT2D eigenvalue weighted by Gasteiger charge is 2.30. The van der Waals surface area contributed by atoms with Gasteiger partial charge in [0.05, 0.1) is 17.7 Å². The lowest BCUT2D eigenvalue weighted by molar-refractivity contribution is 0.0570. The number of piperidine rings is 1. The Kier molecular flexibility index (Phi) is 8.21. The van der Waals surface area contributed by atoms with E-state index in [0.717, 1.165) is 32.5 Å². The number of halogens is 1. The number of nitrogens with one attached hydrogen (secondary N) is 1. The SMILES string of the molecule is C[C@@H]1CN(c2cc(F)cc(C#N)c2)CCN1C(=O)NC[C@@H](O)C1CCN(Cc2ccccc2)CC1. The van der Waals surface area contributed by atoms with Gasteiger partial charge in [-0.2, -0.15) is 5.26 Å². The van der Waals surface area contributed by atoms with Gasteiger partial charge in [-0.1, -0.05) is 30.3 Å². The number of piperazine rings is 1. The molecule has 2 fully saturated rings. The zero-order valence-corrected chi connectivity index (χ0v) is 20.2. The van der Waals surface area contributed by atoms with Crippen molar-refractivity contribution in [1.29, 1.82) is 5.26 Å². The number of rotatable bonds is 6. The summed E-state index contributed by atoms with van der Waals surface area (Å²) in [6.45, 7) is 6.59. The van der Waals surface area contributed by atoms with E-state index in [9.17, 15) is 14.3 Å². The van der Waals surface area contributed by atoms with E-state index in [4.69, 9.17) is 5.26 Å². The normalized spacial score (nSPS) is 20.3. The van der Waals surface area contributed by atoms with Gasteiger partial charge >= 0.3 is 6.03 Å². The first kappa shape index (κ1) is 25.0. The molecule has 8 heteroatoms. The van der Waals surface area contributed by atoms with Crippen LogP contribution in [0.2, 0.25) is 0 Å². The predicted octanol–water partition coefficient (Wildman–Crippen LogP) is 3.19. The topological polar surface area (TPSA) is 82.8 Å². The fourth-order valence-electron chi connectivity index (χ4n) is 5.11. The highest BCUT2D eigenvalue weighted by molar-refractivity contribution is 5.75. The second kappa shape index (κ2) is 11.5. The molecule has 2 saturated heterocycles. The van der Waals surface area contributed by atoms with Crippen molar-refractivity contribution in [2.75, 3.05) is 44.2 Å². The van der Waals surface area contributed by atoms with Gasteiger partial charge in [-0.05, 0) is 62.5 Å². The van der Waals surface area contributed by atoms with Gasteiger partial charge in [0.2, 0.25) is 0 Å². The predicted molar refractivity (Wildman–Crippen MR) is 133 cm³/mol. The molecule has 2 atom stereocenters. The zero-order chi connectivity index (χ0) is 24.8. The molecule has 2 aromatic carbocycles. The minimum atomic E-state index is -0.564. The van der Waals surface area contributed by atoms with Crippen molar-refractivity contribution in [3.05, 3.63) is 65.5 Å². The van der Waals surface area contributed by atoms with Crippen LogP contribution in [-0.2, 0) is 6.54 Å². The average molecular weight is 480 g/mol. The van der Waals surface area contributed by atoms with Crippen molar-refractivity contribution in [2.24, 2.45) is 5.92 Å². The zero-order valence-electron chi connectivity index (χ0n) is 20.2. The largest absolute Gasteiger partial charge is 0.391 e. The van der Waals surface area contributed by atoms with E-state index in [1.807, 2.05) is 24.0 Å². The van der Waals surface area contributed by atoms with Crippen molar-refractivity contribution in [1.82, 2.24) is 15.1 Å². The van der Waals surface area contributed by atoms with Crippen LogP contribution < -0.4 is 10.2 Å². The lowest BCUT2D eigenvalue weighted by Gasteiger charge is -2.41. The summed E-state index contributed by atoms with van der Waals surface area (Å²) in [6.07, 6.45) is 1.26. The smallest absolute Gasteiger partial charge is 0.317 e. The molecule has 2 aliphatic heterocycles. The molecule has 186 valence electrons. The van der Waals surface area contributed by atoms with Gasteiger partial charge in [0.15, 0.2) is 0 Å². The Labute approximate surface area is 206 Å².